The molecule has 0 fully saturated rings. The highest BCUT2D eigenvalue weighted by Gasteiger charge is 2.14. The number of hydrogen-bond donors (Lipinski definition) is 2. The number of halogens is 1. The number of para-hydroxylation sites is 1. The monoisotopic (exact) mass is 403 g/mol. The lowest BCUT2D eigenvalue weighted by Crippen LogP contribution is -3.09. The van der Waals surface area contributed by atoms with Crippen molar-refractivity contribution in [3.63, 3.8) is 0 Å². The van der Waals surface area contributed by atoms with E-state index in [4.69, 9.17) is 28.2 Å². The zero-order valence-corrected chi connectivity index (χ0v) is 16.4. The summed E-state index contributed by atoms with van der Waals surface area (Å²) in [4.78, 5) is 13.4. The van der Waals surface area contributed by atoms with Gasteiger partial charge < -0.3 is 14.6 Å². The van der Waals surface area contributed by atoms with Crippen LogP contribution in [0.25, 0.3) is 0 Å². The molecule has 3 rings (SSSR count). The van der Waals surface area contributed by atoms with Crippen molar-refractivity contribution in [2.24, 2.45) is 0 Å². The Hall–Kier alpha value is -2.48. The number of amides is 1. The summed E-state index contributed by atoms with van der Waals surface area (Å²) in [5.74, 6) is 0.416. The van der Waals surface area contributed by atoms with Gasteiger partial charge in [-0.05, 0) is 29.9 Å². The molecule has 140 valence electrons. The van der Waals surface area contributed by atoms with E-state index in [0.29, 0.717) is 34.5 Å². The molecule has 1 aromatic heterocycles. The summed E-state index contributed by atoms with van der Waals surface area (Å²) in [6.07, 6.45) is 0.573. The average molecular weight is 404 g/mol. The number of likely N-dealkylation sites (N-methyl/N-ethyl adjacent to an activating group) is 1. The minimum atomic E-state index is -0.139. The van der Waals surface area contributed by atoms with Gasteiger partial charge in [0, 0.05) is 0 Å². The van der Waals surface area contributed by atoms with E-state index >= 15 is 0 Å². The van der Waals surface area contributed by atoms with E-state index in [0.717, 1.165) is 10.5 Å². The second kappa shape index (κ2) is 8.94. The third-order valence-corrected chi connectivity index (χ3v) is 4.50. The number of carbonyl (C=O) groups is 1. The molecular weight excluding hydrogens is 384 g/mol. The van der Waals surface area contributed by atoms with Gasteiger partial charge in [0.25, 0.3) is 10.7 Å². The van der Waals surface area contributed by atoms with E-state index in [1.165, 1.54) is 0 Å². The van der Waals surface area contributed by atoms with Gasteiger partial charge >= 0.3 is 0 Å². The van der Waals surface area contributed by atoms with Crippen molar-refractivity contribution in [1.29, 1.82) is 0 Å². The summed E-state index contributed by atoms with van der Waals surface area (Å²) in [7, 11) is 1.89. The topological polar surface area (TPSA) is 64.5 Å². The highest BCUT2D eigenvalue weighted by molar-refractivity contribution is 7.71. The first-order chi connectivity index (χ1) is 13.0. The molecule has 1 atom stereocenters. The fourth-order valence-electron chi connectivity index (χ4n) is 2.63. The van der Waals surface area contributed by atoms with Gasteiger partial charge in [-0.3, -0.25) is 4.79 Å². The van der Waals surface area contributed by atoms with Crippen molar-refractivity contribution in [1.82, 2.24) is 9.78 Å². The van der Waals surface area contributed by atoms with Crippen LogP contribution >= 0.6 is 23.8 Å². The molecule has 1 unspecified atom stereocenters. The van der Waals surface area contributed by atoms with Crippen LogP contribution < -0.4 is 10.2 Å². The number of nitrogens with one attached hydrogen (secondary N) is 2. The summed E-state index contributed by atoms with van der Waals surface area (Å²) >= 11 is 11.3. The molecule has 1 amide bonds. The van der Waals surface area contributed by atoms with Crippen molar-refractivity contribution in [2.75, 3.05) is 18.9 Å². The van der Waals surface area contributed by atoms with Crippen LogP contribution in [0.15, 0.2) is 59.0 Å². The lowest BCUT2D eigenvalue weighted by atomic mass is 10.2. The standard InChI is InChI=1S/C19H19ClN4O2S/c1-23(12-17(25)21-16-10-6-5-9-15(16)20)13-24-19(27)26-18(22-24)11-14-7-3-2-4-8-14/h2-10H,11-13H2,1H3,(H,21,25)/p+1. The molecule has 2 aromatic carbocycles. The summed E-state index contributed by atoms with van der Waals surface area (Å²) in [5, 5.41) is 7.74. The van der Waals surface area contributed by atoms with Gasteiger partial charge in [-0.2, -0.15) is 4.68 Å². The van der Waals surface area contributed by atoms with Crippen LogP contribution in [0, 0.1) is 4.84 Å². The molecule has 0 radical (unpaired) electrons. The first kappa shape index (κ1) is 19.3. The van der Waals surface area contributed by atoms with Crippen molar-refractivity contribution in [2.45, 2.75) is 13.1 Å². The number of hydrogen-bond acceptors (Lipinski definition) is 4. The molecule has 0 spiro atoms. The third-order valence-electron chi connectivity index (χ3n) is 3.88. The molecule has 3 aromatic rings. The van der Waals surface area contributed by atoms with Crippen LogP contribution in [0.4, 0.5) is 5.69 Å². The summed E-state index contributed by atoms with van der Waals surface area (Å²) < 4.78 is 7.17. The first-order valence-corrected chi connectivity index (χ1v) is 9.26. The average Bonchev–Trinajstić information content (AvgIpc) is 2.96. The number of rotatable bonds is 7. The number of anilines is 1. The van der Waals surface area contributed by atoms with Crippen LogP contribution in [-0.2, 0) is 17.9 Å². The van der Waals surface area contributed by atoms with Crippen LogP contribution in [0.3, 0.4) is 0 Å². The van der Waals surface area contributed by atoms with Crippen molar-refractivity contribution >= 4 is 35.4 Å². The lowest BCUT2D eigenvalue weighted by molar-refractivity contribution is -0.895. The summed E-state index contributed by atoms with van der Waals surface area (Å²) in [6.45, 7) is 0.668. The number of aromatic nitrogens is 2. The number of quaternary nitrogens is 1. The van der Waals surface area contributed by atoms with Crippen LogP contribution in [0.5, 0.6) is 0 Å². The maximum Gasteiger partial charge on any atom is 0.291 e. The van der Waals surface area contributed by atoms with Crippen LogP contribution in [0.2, 0.25) is 5.02 Å². The second-order valence-electron chi connectivity index (χ2n) is 6.24. The molecule has 27 heavy (non-hydrogen) atoms. The first-order valence-electron chi connectivity index (χ1n) is 8.47. The maximum atomic E-state index is 12.2. The van der Waals surface area contributed by atoms with Crippen molar-refractivity contribution in [3.8, 4) is 0 Å². The van der Waals surface area contributed by atoms with E-state index in [1.807, 2.05) is 49.5 Å². The number of nitrogens with zero attached hydrogens (tertiary/aromatic N) is 2. The number of carbonyl (C=O) groups excluding carboxylic acids is 1. The molecule has 0 aliphatic rings. The Morgan fingerprint density at radius 2 is 1.93 bits per heavy atom. The lowest BCUT2D eigenvalue weighted by Gasteiger charge is -2.13. The van der Waals surface area contributed by atoms with E-state index in [-0.39, 0.29) is 12.5 Å². The summed E-state index contributed by atoms with van der Waals surface area (Å²) in [5.41, 5.74) is 1.70. The van der Waals surface area contributed by atoms with Crippen molar-refractivity contribution < 1.29 is 14.1 Å². The van der Waals surface area contributed by atoms with Crippen molar-refractivity contribution in [3.05, 3.63) is 75.9 Å². The van der Waals surface area contributed by atoms with Gasteiger partial charge in [-0.15, -0.1) is 5.10 Å². The highest BCUT2D eigenvalue weighted by atomic mass is 35.5. The molecule has 0 aliphatic carbocycles. The molecule has 0 bridgehead atoms. The Balaban J connectivity index is 1.57. The zero-order valence-electron chi connectivity index (χ0n) is 14.8. The van der Waals surface area contributed by atoms with Gasteiger partial charge in [0.2, 0.25) is 5.89 Å². The van der Waals surface area contributed by atoms with Gasteiger partial charge in [0.1, 0.15) is 0 Å². The molecule has 8 heteroatoms. The van der Waals surface area contributed by atoms with Crippen LogP contribution in [0.1, 0.15) is 11.5 Å². The Bertz CT molecular complexity index is 971. The Morgan fingerprint density at radius 3 is 2.67 bits per heavy atom. The van der Waals surface area contributed by atoms with Crippen LogP contribution in [-0.4, -0.2) is 29.3 Å². The minimum Gasteiger partial charge on any atom is -0.413 e. The third kappa shape index (κ3) is 5.50. The van der Waals surface area contributed by atoms with E-state index < -0.39 is 0 Å². The van der Waals surface area contributed by atoms with Gasteiger partial charge in [-0.1, -0.05) is 54.1 Å². The molecule has 0 aliphatic heterocycles. The quantitative estimate of drug-likeness (QED) is 0.595. The van der Waals surface area contributed by atoms with Gasteiger partial charge in [0.05, 0.1) is 24.2 Å². The van der Waals surface area contributed by atoms with E-state index in [9.17, 15) is 4.79 Å². The zero-order chi connectivity index (χ0) is 19.2. The molecular formula is C19H20ClN4O2S+. The Morgan fingerprint density at radius 1 is 1.22 bits per heavy atom. The SMILES string of the molecule is C[NH+](CC(=O)Nc1ccccc1Cl)Cn1nc(Cc2ccccc2)oc1=S. The molecule has 1 heterocycles. The maximum absolute atomic E-state index is 12.2. The van der Waals surface area contributed by atoms with E-state index in [2.05, 4.69) is 10.4 Å². The van der Waals surface area contributed by atoms with Gasteiger partial charge in [0.15, 0.2) is 13.2 Å². The molecule has 0 saturated carbocycles. The Kier molecular flexibility index (Phi) is 6.39. The normalized spacial score (nSPS) is 11.9. The molecule has 6 nitrogen and oxygen atoms in total. The predicted octanol–water partition coefficient (Wildman–Crippen LogP) is 2.56. The highest BCUT2D eigenvalue weighted by Crippen LogP contribution is 2.19. The fraction of sp³-hybridized carbons (Fsp3) is 0.211. The molecule has 2 N–H and O–H groups in total. The Labute approximate surface area is 167 Å². The second-order valence-corrected chi connectivity index (χ2v) is 7.00. The minimum absolute atomic E-state index is 0.139. The van der Waals surface area contributed by atoms with Gasteiger partial charge in [-0.25, -0.2) is 0 Å². The fourth-order valence-corrected chi connectivity index (χ4v) is 3.02. The number of benzene rings is 2. The predicted molar refractivity (Wildman–Crippen MR) is 106 cm³/mol. The summed E-state index contributed by atoms with van der Waals surface area (Å²) in [6, 6.07) is 17.0. The molecule has 0 saturated heterocycles. The smallest absolute Gasteiger partial charge is 0.291 e. The largest absolute Gasteiger partial charge is 0.413 e. The van der Waals surface area contributed by atoms with E-state index in [1.54, 1.807) is 16.8 Å².